The number of carbonyl (C=O) groups is 1. The highest BCUT2D eigenvalue weighted by atomic mass is 32.2. The summed E-state index contributed by atoms with van der Waals surface area (Å²) in [5, 5.41) is 9.78. The number of ether oxygens (including phenoxy) is 1. The summed E-state index contributed by atoms with van der Waals surface area (Å²) in [4.78, 5) is 13.8. The summed E-state index contributed by atoms with van der Waals surface area (Å²) < 4.78 is 63.0. The summed E-state index contributed by atoms with van der Waals surface area (Å²) in [5.74, 6) is -2.89. The first-order valence-corrected chi connectivity index (χ1v) is 12.6. The lowest BCUT2D eigenvalue weighted by Crippen LogP contribution is -2.22. The summed E-state index contributed by atoms with van der Waals surface area (Å²) in [7, 11) is -4.39. The van der Waals surface area contributed by atoms with Gasteiger partial charge in [0.2, 0.25) is 0 Å². The Labute approximate surface area is 197 Å². The van der Waals surface area contributed by atoms with Crippen LogP contribution in [-0.2, 0) is 10.0 Å². The molecule has 2 aliphatic rings. The molecule has 0 radical (unpaired) electrons. The van der Waals surface area contributed by atoms with Gasteiger partial charge in [0.15, 0.2) is 0 Å². The van der Waals surface area contributed by atoms with E-state index in [1.807, 2.05) is 13.8 Å². The number of carboxylic acids is 1. The first-order valence-electron chi connectivity index (χ1n) is 11.1. The van der Waals surface area contributed by atoms with Crippen LogP contribution in [0, 0.1) is 17.6 Å². The summed E-state index contributed by atoms with van der Waals surface area (Å²) in [5.41, 5.74) is -0.609. The normalized spacial score (nSPS) is 19.0. The fourth-order valence-electron chi connectivity index (χ4n) is 4.31. The van der Waals surface area contributed by atoms with Gasteiger partial charge in [0.1, 0.15) is 22.9 Å². The van der Waals surface area contributed by atoms with E-state index in [2.05, 4.69) is 9.62 Å². The Balaban J connectivity index is 1.71. The van der Waals surface area contributed by atoms with Crippen LogP contribution in [0.2, 0.25) is 0 Å². The van der Waals surface area contributed by atoms with Crippen molar-refractivity contribution in [2.45, 2.75) is 31.1 Å². The topological polar surface area (TPSA) is 95.9 Å². The van der Waals surface area contributed by atoms with Crippen LogP contribution in [0.3, 0.4) is 0 Å². The van der Waals surface area contributed by atoms with Crippen molar-refractivity contribution in [2.75, 3.05) is 31.0 Å². The average molecular weight is 493 g/mol. The maximum Gasteiger partial charge on any atom is 0.341 e. The van der Waals surface area contributed by atoms with Crippen LogP contribution in [0.4, 0.5) is 14.5 Å². The van der Waals surface area contributed by atoms with Crippen LogP contribution < -0.4 is 9.46 Å². The van der Waals surface area contributed by atoms with Crippen LogP contribution in [0.15, 0.2) is 35.2 Å². The van der Waals surface area contributed by atoms with Crippen molar-refractivity contribution in [3.8, 4) is 5.75 Å². The molecule has 1 aliphatic heterocycles. The zero-order valence-electron chi connectivity index (χ0n) is 18.8. The number of hydrogen-bond donors (Lipinski definition) is 2. The van der Waals surface area contributed by atoms with Gasteiger partial charge in [-0.25, -0.2) is 22.0 Å². The molecule has 1 saturated carbocycles. The number of anilines is 1. The maximum atomic E-state index is 14.9. The number of benzene rings is 2. The average Bonchev–Trinajstić information content (AvgIpc) is 3.55. The van der Waals surface area contributed by atoms with E-state index in [0.717, 1.165) is 37.4 Å². The van der Waals surface area contributed by atoms with E-state index in [0.29, 0.717) is 13.0 Å². The highest BCUT2D eigenvalue weighted by Crippen LogP contribution is 2.56. The molecule has 2 unspecified atom stereocenters. The van der Waals surface area contributed by atoms with Crippen molar-refractivity contribution < 1.29 is 31.8 Å². The molecule has 1 fully saturated rings. The molecule has 1 aliphatic carbocycles. The highest BCUT2D eigenvalue weighted by Gasteiger charge is 2.47. The Morgan fingerprint density at radius 1 is 1.26 bits per heavy atom. The van der Waals surface area contributed by atoms with E-state index in [1.54, 1.807) is 6.08 Å². The molecular weight excluding hydrogens is 466 g/mol. The van der Waals surface area contributed by atoms with Gasteiger partial charge in [0.25, 0.3) is 10.0 Å². The number of aromatic carboxylic acids is 1. The number of rotatable bonds is 9. The smallest absolute Gasteiger partial charge is 0.341 e. The quantitative estimate of drug-likeness (QED) is 0.542. The van der Waals surface area contributed by atoms with Crippen LogP contribution in [0.5, 0.6) is 5.75 Å². The Morgan fingerprint density at radius 3 is 2.68 bits per heavy atom. The molecule has 0 spiro atoms. The number of nitrogens with zero attached hydrogens (tertiary/aromatic N) is 1. The minimum absolute atomic E-state index is 0.0898. The number of carboxylic acid groups (broad SMARTS) is 1. The fourth-order valence-corrected chi connectivity index (χ4v) is 5.56. The molecule has 0 bridgehead atoms. The maximum absolute atomic E-state index is 14.9. The highest BCUT2D eigenvalue weighted by molar-refractivity contribution is 7.92. The Morgan fingerprint density at radius 2 is 2.00 bits per heavy atom. The molecule has 1 heterocycles. The van der Waals surface area contributed by atoms with Gasteiger partial charge >= 0.3 is 5.97 Å². The molecule has 2 aromatic carbocycles. The molecule has 10 heteroatoms. The molecule has 0 amide bonds. The Bertz CT molecular complexity index is 1260. The van der Waals surface area contributed by atoms with Gasteiger partial charge in [0, 0.05) is 18.0 Å². The lowest BCUT2D eigenvalue weighted by Gasteiger charge is -2.22. The van der Waals surface area contributed by atoms with E-state index in [9.17, 15) is 27.1 Å². The second-order valence-electron chi connectivity index (χ2n) is 8.42. The van der Waals surface area contributed by atoms with Gasteiger partial charge in [-0.2, -0.15) is 0 Å². The number of fused-ring (bicyclic) bond motifs is 3. The van der Waals surface area contributed by atoms with E-state index in [4.69, 9.17) is 4.74 Å². The van der Waals surface area contributed by atoms with Crippen molar-refractivity contribution in [1.82, 2.24) is 4.90 Å². The van der Waals surface area contributed by atoms with Crippen molar-refractivity contribution >= 4 is 27.8 Å². The molecule has 4 rings (SSSR count). The van der Waals surface area contributed by atoms with Crippen molar-refractivity contribution in [1.29, 1.82) is 0 Å². The number of nitrogens with one attached hydrogen (secondary N) is 1. The molecule has 0 saturated heterocycles. The predicted octanol–water partition coefficient (Wildman–Crippen LogP) is 4.31. The Hall–Kier alpha value is -2.98. The summed E-state index contributed by atoms with van der Waals surface area (Å²) in [6.07, 6.45) is 3.92. The number of halogens is 2. The summed E-state index contributed by atoms with van der Waals surface area (Å²) in [6.45, 7) is 6.36. The van der Waals surface area contributed by atoms with Gasteiger partial charge in [-0.3, -0.25) is 4.72 Å². The van der Waals surface area contributed by atoms with Crippen LogP contribution in [-0.4, -0.2) is 50.6 Å². The lowest BCUT2D eigenvalue weighted by atomic mass is 9.99. The number of sulfonamides is 1. The molecular formula is C24H26F2N2O5S. The fraction of sp³-hybridized carbons (Fsp3) is 0.375. The summed E-state index contributed by atoms with van der Waals surface area (Å²) in [6, 6.07) is 4.05. The van der Waals surface area contributed by atoms with E-state index >= 15 is 0 Å². The van der Waals surface area contributed by atoms with Gasteiger partial charge in [-0.15, -0.1) is 0 Å². The van der Waals surface area contributed by atoms with Crippen molar-refractivity contribution in [3.63, 3.8) is 0 Å². The monoisotopic (exact) mass is 492 g/mol. The zero-order chi connectivity index (χ0) is 24.6. The van der Waals surface area contributed by atoms with Gasteiger partial charge in [0.05, 0.1) is 17.2 Å². The molecule has 7 nitrogen and oxygen atoms in total. The molecule has 34 heavy (non-hydrogen) atoms. The van der Waals surface area contributed by atoms with Crippen molar-refractivity contribution in [3.05, 3.63) is 58.7 Å². The first kappa shape index (κ1) is 24.2. The van der Waals surface area contributed by atoms with Crippen molar-refractivity contribution in [2.24, 2.45) is 5.92 Å². The van der Waals surface area contributed by atoms with Crippen LogP contribution in [0.25, 0.3) is 6.08 Å². The SMILES string of the molecule is CCN(CC)CC=Cc1cc(F)ccc1S(=O)(=O)Nc1cc(F)c2c(c1C(=O)O)OCC1CC21. The summed E-state index contributed by atoms with van der Waals surface area (Å²) >= 11 is 0. The van der Waals surface area contributed by atoms with Gasteiger partial charge in [-0.1, -0.05) is 26.0 Å². The van der Waals surface area contributed by atoms with Gasteiger partial charge in [-0.05, 0) is 55.3 Å². The first-order chi connectivity index (χ1) is 16.2. The third kappa shape index (κ3) is 4.65. The largest absolute Gasteiger partial charge is 0.492 e. The third-order valence-corrected chi connectivity index (χ3v) is 7.72. The molecule has 2 atom stereocenters. The minimum Gasteiger partial charge on any atom is -0.492 e. The molecule has 182 valence electrons. The van der Waals surface area contributed by atoms with E-state index < -0.39 is 38.9 Å². The molecule has 2 aromatic rings. The minimum atomic E-state index is -4.39. The second kappa shape index (κ2) is 9.34. The third-order valence-electron chi connectivity index (χ3n) is 6.28. The number of hydrogen-bond acceptors (Lipinski definition) is 5. The molecule has 2 N–H and O–H groups in total. The van der Waals surface area contributed by atoms with E-state index in [1.165, 1.54) is 6.08 Å². The van der Waals surface area contributed by atoms with Crippen LogP contribution >= 0.6 is 0 Å². The zero-order valence-corrected chi connectivity index (χ0v) is 19.7. The second-order valence-corrected chi connectivity index (χ2v) is 10.1. The Kier molecular flexibility index (Phi) is 6.64. The lowest BCUT2D eigenvalue weighted by molar-refractivity contribution is 0.0692. The number of likely N-dealkylation sites (N-methyl/N-ethyl adjacent to an activating group) is 1. The van der Waals surface area contributed by atoms with Gasteiger partial charge < -0.3 is 14.7 Å². The standard InChI is InChI=1S/C24H26F2N2O5S/c1-3-28(4-2)9-5-6-14-10-16(25)7-8-20(14)34(31,32)27-19-12-18(26)21-17-11-15(17)13-33-23(21)22(19)24(29)30/h5-8,10,12,15,17,27H,3-4,9,11,13H2,1-2H3,(H,29,30). The molecule has 0 aromatic heterocycles. The van der Waals surface area contributed by atoms with Crippen LogP contribution in [0.1, 0.15) is 47.7 Å². The predicted molar refractivity (Wildman–Crippen MR) is 124 cm³/mol. The van der Waals surface area contributed by atoms with E-state index in [-0.39, 0.29) is 40.2 Å².